The van der Waals surface area contributed by atoms with Gasteiger partial charge in [0.15, 0.2) is 0 Å². The zero-order valence-corrected chi connectivity index (χ0v) is 16.1. The highest BCUT2D eigenvalue weighted by atomic mass is 32.1. The Morgan fingerprint density at radius 1 is 1.26 bits per heavy atom. The van der Waals surface area contributed by atoms with Crippen LogP contribution in [0.2, 0.25) is 0 Å². The molecule has 1 aromatic heterocycles. The smallest absolute Gasteiger partial charge is 0.251 e. The maximum absolute atomic E-state index is 12.8. The average Bonchev–Trinajstić information content (AvgIpc) is 3.20. The summed E-state index contributed by atoms with van der Waals surface area (Å²) in [5, 5.41) is 3.15. The number of carbonyl (C=O) groups excluding carboxylic acids is 1. The van der Waals surface area contributed by atoms with Crippen LogP contribution in [0, 0.1) is 0 Å². The summed E-state index contributed by atoms with van der Waals surface area (Å²) in [7, 11) is 1.69. The van der Waals surface area contributed by atoms with E-state index in [2.05, 4.69) is 16.4 Å². The van der Waals surface area contributed by atoms with Gasteiger partial charge in [0.1, 0.15) is 5.75 Å². The van der Waals surface area contributed by atoms with Gasteiger partial charge in [0, 0.05) is 36.3 Å². The molecule has 4 rings (SSSR count). The van der Waals surface area contributed by atoms with Crippen molar-refractivity contribution in [3.8, 4) is 5.75 Å². The number of thiazole rings is 1. The number of fused-ring (bicyclic) bond motifs is 1. The average molecular weight is 382 g/mol. The molecule has 1 fully saturated rings. The third kappa shape index (κ3) is 3.55. The number of hydrogen-bond acceptors (Lipinski definition) is 5. The summed E-state index contributed by atoms with van der Waals surface area (Å²) < 4.78 is 12.2. The van der Waals surface area contributed by atoms with E-state index >= 15 is 0 Å². The number of benzene rings is 2. The van der Waals surface area contributed by atoms with E-state index in [1.165, 1.54) is 0 Å². The second-order valence-corrected chi connectivity index (χ2v) is 7.70. The van der Waals surface area contributed by atoms with Gasteiger partial charge in [-0.15, -0.1) is 11.3 Å². The second-order valence-electron chi connectivity index (χ2n) is 6.81. The van der Waals surface area contributed by atoms with Gasteiger partial charge in [-0.3, -0.25) is 4.79 Å². The van der Waals surface area contributed by atoms with Crippen LogP contribution in [-0.4, -0.2) is 37.8 Å². The highest BCUT2D eigenvalue weighted by Crippen LogP contribution is 2.39. The number of nitrogens with zero attached hydrogens (tertiary/aromatic N) is 1. The van der Waals surface area contributed by atoms with Crippen LogP contribution in [0.15, 0.2) is 48.0 Å². The quantitative estimate of drug-likeness (QED) is 0.729. The van der Waals surface area contributed by atoms with E-state index in [9.17, 15) is 4.79 Å². The summed E-state index contributed by atoms with van der Waals surface area (Å²) in [6.45, 7) is 1.91. The van der Waals surface area contributed by atoms with E-state index in [0.29, 0.717) is 25.3 Å². The Labute approximate surface area is 162 Å². The summed E-state index contributed by atoms with van der Waals surface area (Å²) in [6.07, 6.45) is 1.70. The van der Waals surface area contributed by atoms with Crippen LogP contribution in [0.1, 0.15) is 28.8 Å². The van der Waals surface area contributed by atoms with Crippen molar-refractivity contribution in [2.45, 2.75) is 18.3 Å². The predicted molar refractivity (Wildman–Crippen MR) is 107 cm³/mol. The summed E-state index contributed by atoms with van der Waals surface area (Å²) in [5.74, 6) is 0.797. The predicted octanol–water partition coefficient (Wildman–Crippen LogP) is 3.78. The number of aromatic nitrogens is 1. The second kappa shape index (κ2) is 7.66. The molecule has 1 aliphatic heterocycles. The van der Waals surface area contributed by atoms with Crippen molar-refractivity contribution in [1.82, 2.24) is 10.3 Å². The molecule has 0 atom stereocenters. The van der Waals surface area contributed by atoms with Crippen molar-refractivity contribution in [2.75, 3.05) is 26.9 Å². The molecule has 27 heavy (non-hydrogen) atoms. The maximum atomic E-state index is 12.8. The first-order chi connectivity index (χ1) is 13.2. The summed E-state index contributed by atoms with van der Waals surface area (Å²) in [6, 6.07) is 13.7. The SMILES string of the molecule is COc1ccccc1C1(CNC(=O)c2ccc3ncsc3c2)CCOCC1. The number of methoxy groups -OCH3 is 1. The monoisotopic (exact) mass is 382 g/mol. The Hall–Kier alpha value is -2.44. The minimum absolute atomic E-state index is 0.0638. The fourth-order valence-electron chi connectivity index (χ4n) is 3.73. The third-order valence-electron chi connectivity index (χ3n) is 5.31. The van der Waals surface area contributed by atoms with E-state index in [1.54, 1.807) is 24.0 Å². The zero-order valence-electron chi connectivity index (χ0n) is 15.2. The summed E-state index contributed by atoms with van der Waals surface area (Å²) in [5.41, 5.74) is 4.33. The van der Waals surface area contributed by atoms with E-state index in [0.717, 1.165) is 34.4 Å². The fourth-order valence-corrected chi connectivity index (χ4v) is 4.45. The minimum Gasteiger partial charge on any atom is -0.496 e. The third-order valence-corrected chi connectivity index (χ3v) is 6.10. The minimum atomic E-state index is -0.185. The van der Waals surface area contributed by atoms with Gasteiger partial charge in [0.05, 0.1) is 22.8 Å². The van der Waals surface area contributed by atoms with E-state index in [1.807, 2.05) is 36.4 Å². The largest absolute Gasteiger partial charge is 0.496 e. The Morgan fingerprint density at radius 3 is 2.89 bits per heavy atom. The highest BCUT2D eigenvalue weighted by molar-refractivity contribution is 7.16. The molecule has 6 heteroatoms. The molecule has 0 saturated carbocycles. The maximum Gasteiger partial charge on any atom is 0.251 e. The lowest BCUT2D eigenvalue weighted by Gasteiger charge is -2.38. The van der Waals surface area contributed by atoms with Crippen LogP contribution in [0.3, 0.4) is 0 Å². The molecule has 5 nitrogen and oxygen atoms in total. The van der Waals surface area contributed by atoms with Crippen LogP contribution in [0.5, 0.6) is 5.75 Å². The fraction of sp³-hybridized carbons (Fsp3) is 0.333. The van der Waals surface area contributed by atoms with Crippen molar-refractivity contribution in [1.29, 1.82) is 0 Å². The molecule has 1 N–H and O–H groups in total. The molecule has 0 radical (unpaired) electrons. The van der Waals surface area contributed by atoms with Gasteiger partial charge in [0.25, 0.3) is 5.91 Å². The lowest BCUT2D eigenvalue weighted by molar-refractivity contribution is 0.0479. The molecule has 0 spiro atoms. The van der Waals surface area contributed by atoms with Gasteiger partial charge in [0.2, 0.25) is 0 Å². The Bertz CT molecular complexity index is 947. The number of para-hydroxylation sites is 1. The number of ether oxygens (including phenoxy) is 2. The lowest BCUT2D eigenvalue weighted by Crippen LogP contribution is -2.44. The number of rotatable bonds is 5. The molecule has 2 aromatic carbocycles. The van der Waals surface area contributed by atoms with Crippen LogP contribution >= 0.6 is 11.3 Å². The van der Waals surface area contributed by atoms with Gasteiger partial charge in [-0.25, -0.2) is 4.98 Å². The first-order valence-corrected chi connectivity index (χ1v) is 9.92. The first kappa shape index (κ1) is 17.9. The molecule has 1 aliphatic rings. The molecule has 0 aliphatic carbocycles. The van der Waals surface area contributed by atoms with Crippen LogP contribution < -0.4 is 10.1 Å². The van der Waals surface area contributed by atoms with Crippen LogP contribution in [0.4, 0.5) is 0 Å². The van der Waals surface area contributed by atoms with Gasteiger partial charge in [-0.1, -0.05) is 18.2 Å². The Kier molecular flexibility index (Phi) is 5.09. The number of hydrogen-bond donors (Lipinski definition) is 1. The Morgan fingerprint density at radius 2 is 2.07 bits per heavy atom. The van der Waals surface area contributed by atoms with Gasteiger partial charge in [-0.2, -0.15) is 0 Å². The normalized spacial score (nSPS) is 16.2. The topological polar surface area (TPSA) is 60.5 Å². The Balaban J connectivity index is 1.57. The lowest BCUT2D eigenvalue weighted by atomic mass is 9.73. The molecule has 1 amide bonds. The molecule has 0 unspecified atom stereocenters. The van der Waals surface area contributed by atoms with Crippen LogP contribution in [0.25, 0.3) is 10.2 Å². The van der Waals surface area contributed by atoms with Crippen molar-refractivity contribution in [3.05, 3.63) is 59.1 Å². The van der Waals surface area contributed by atoms with Crippen molar-refractivity contribution in [3.63, 3.8) is 0 Å². The molecule has 140 valence electrons. The molecule has 3 aromatic rings. The van der Waals surface area contributed by atoms with Gasteiger partial charge < -0.3 is 14.8 Å². The van der Waals surface area contributed by atoms with E-state index in [-0.39, 0.29) is 11.3 Å². The molecule has 0 bridgehead atoms. The summed E-state index contributed by atoms with van der Waals surface area (Å²) in [4.78, 5) is 17.1. The molecular formula is C21H22N2O3S. The van der Waals surface area contributed by atoms with Gasteiger partial charge in [-0.05, 0) is 37.1 Å². The van der Waals surface area contributed by atoms with Crippen molar-refractivity contribution < 1.29 is 14.3 Å². The van der Waals surface area contributed by atoms with Crippen molar-refractivity contribution >= 4 is 27.5 Å². The first-order valence-electron chi connectivity index (χ1n) is 9.05. The molecular weight excluding hydrogens is 360 g/mol. The van der Waals surface area contributed by atoms with Crippen LogP contribution in [-0.2, 0) is 10.2 Å². The summed E-state index contributed by atoms with van der Waals surface area (Å²) >= 11 is 1.54. The van der Waals surface area contributed by atoms with Gasteiger partial charge >= 0.3 is 0 Å². The number of carbonyl (C=O) groups is 1. The molecule has 1 saturated heterocycles. The highest BCUT2D eigenvalue weighted by Gasteiger charge is 2.37. The zero-order chi connectivity index (χ0) is 18.7. The van der Waals surface area contributed by atoms with Crippen molar-refractivity contribution in [2.24, 2.45) is 0 Å². The standard InChI is InChI=1S/C21H22N2O3S/c1-25-18-5-3-2-4-16(18)21(8-10-26-11-9-21)13-22-20(24)15-6-7-17-19(12-15)27-14-23-17/h2-7,12,14H,8-11,13H2,1H3,(H,22,24). The number of amides is 1. The number of nitrogens with one attached hydrogen (secondary N) is 1. The van der Waals surface area contributed by atoms with E-state index < -0.39 is 0 Å². The van der Waals surface area contributed by atoms with E-state index in [4.69, 9.17) is 9.47 Å². The molecule has 2 heterocycles.